The monoisotopic (exact) mass is 420 g/mol. The molecule has 7 heteroatoms. The van der Waals surface area contributed by atoms with Gasteiger partial charge >= 0.3 is 0 Å². The maximum Gasteiger partial charge on any atom is 0.235 e. The van der Waals surface area contributed by atoms with E-state index in [1.165, 1.54) is 11.8 Å². The summed E-state index contributed by atoms with van der Waals surface area (Å²) in [5.74, 6) is 1.51. The van der Waals surface area contributed by atoms with Crippen LogP contribution in [-0.4, -0.2) is 56.5 Å². The Morgan fingerprint density at radius 3 is 2.39 bits per heavy atom. The largest absolute Gasteiger partial charge is 0.493 e. The SMILES string of the molecule is COc1ccc(S[C@@H](C)C(=O)N2CCN(c3cccc(Cl)c3)CC2)cc1OC. The number of carbonyl (C=O) groups is 1. The topological polar surface area (TPSA) is 42.0 Å². The molecule has 150 valence electrons. The van der Waals surface area contributed by atoms with Crippen molar-refractivity contribution in [2.45, 2.75) is 17.1 Å². The van der Waals surface area contributed by atoms with E-state index in [9.17, 15) is 4.79 Å². The van der Waals surface area contributed by atoms with Crippen molar-refractivity contribution in [3.8, 4) is 11.5 Å². The van der Waals surface area contributed by atoms with Gasteiger partial charge in [0, 0.05) is 41.8 Å². The Labute approximate surface area is 175 Å². The molecule has 1 heterocycles. The maximum absolute atomic E-state index is 12.9. The predicted molar refractivity (Wildman–Crippen MR) is 115 cm³/mol. The third-order valence-corrected chi connectivity index (χ3v) is 6.10. The van der Waals surface area contributed by atoms with Gasteiger partial charge in [-0.15, -0.1) is 11.8 Å². The van der Waals surface area contributed by atoms with Gasteiger partial charge in [-0.3, -0.25) is 4.79 Å². The van der Waals surface area contributed by atoms with Crippen LogP contribution in [0, 0.1) is 0 Å². The second kappa shape index (κ2) is 9.43. The number of rotatable bonds is 6. The lowest BCUT2D eigenvalue weighted by Gasteiger charge is -2.37. The Morgan fingerprint density at radius 2 is 1.75 bits per heavy atom. The number of benzene rings is 2. The highest BCUT2D eigenvalue weighted by Gasteiger charge is 2.26. The summed E-state index contributed by atoms with van der Waals surface area (Å²) >= 11 is 7.63. The third kappa shape index (κ3) is 4.86. The fourth-order valence-corrected chi connectivity index (χ4v) is 4.42. The molecule has 1 fully saturated rings. The second-order valence-corrected chi connectivity index (χ2v) is 8.42. The summed E-state index contributed by atoms with van der Waals surface area (Å²) in [4.78, 5) is 18.1. The van der Waals surface area contributed by atoms with E-state index in [0.717, 1.165) is 28.7 Å². The lowest BCUT2D eigenvalue weighted by molar-refractivity contribution is -0.130. The van der Waals surface area contributed by atoms with Crippen LogP contribution in [0.5, 0.6) is 11.5 Å². The summed E-state index contributed by atoms with van der Waals surface area (Å²) in [7, 11) is 3.22. The predicted octanol–water partition coefficient (Wildman–Crippen LogP) is 4.19. The molecule has 0 aliphatic carbocycles. The van der Waals surface area contributed by atoms with Crippen LogP contribution in [0.4, 0.5) is 5.69 Å². The number of carbonyl (C=O) groups excluding carboxylic acids is 1. The average molecular weight is 421 g/mol. The zero-order valence-corrected chi connectivity index (χ0v) is 17.9. The van der Waals surface area contributed by atoms with E-state index in [4.69, 9.17) is 21.1 Å². The van der Waals surface area contributed by atoms with Gasteiger partial charge in [-0.1, -0.05) is 17.7 Å². The Bertz CT molecular complexity index is 825. The number of hydrogen-bond donors (Lipinski definition) is 0. The molecule has 3 rings (SSSR count). The molecule has 1 aliphatic heterocycles. The van der Waals surface area contributed by atoms with E-state index in [1.54, 1.807) is 14.2 Å². The molecule has 0 bridgehead atoms. The second-order valence-electron chi connectivity index (χ2n) is 6.57. The molecular weight excluding hydrogens is 396 g/mol. The smallest absolute Gasteiger partial charge is 0.235 e. The zero-order chi connectivity index (χ0) is 20.1. The quantitative estimate of drug-likeness (QED) is 0.655. The summed E-state index contributed by atoms with van der Waals surface area (Å²) in [6, 6.07) is 13.6. The molecule has 2 aromatic rings. The van der Waals surface area contributed by atoms with Gasteiger partial charge < -0.3 is 19.3 Å². The highest BCUT2D eigenvalue weighted by atomic mass is 35.5. The highest BCUT2D eigenvalue weighted by molar-refractivity contribution is 8.00. The van der Waals surface area contributed by atoms with Gasteiger partial charge in [-0.2, -0.15) is 0 Å². The van der Waals surface area contributed by atoms with E-state index < -0.39 is 0 Å². The molecule has 1 aliphatic rings. The minimum absolute atomic E-state index is 0.158. The molecule has 0 saturated carbocycles. The van der Waals surface area contributed by atoms with Crippen molar-refractivity contribution < 1.29 is 14.3 Å². The van der Waals surface area contributed by atoms with Crippen molar-refractivity contribution in [1.82, 2.24) is 4.90 Å². The van der Waals surface area contributed by atoms with Crippen LogP contribution < -0.4 is 14.4 Å². The van der Waals surface area contributed by atoms with Gasteiger partial charge in [0.1, 0.15) is 0 Å². The number of ether oxygens (including phenoxy) is 2. The number of halogens is 1. The maximum atomic E-state index is 12.9. The molecule has 28 heavy (non-hydrogen) atoms. The number of nitrogens with zero attached hydrogens (tertiary/aromatic N) is 2. The first kappa shape index (κ1) is 20.7. The fourth-order valence-electron chi connectivity index (χ4n) is 3.26. The van der Waals surface area contributed by atoms with Crippen LogP contribution in [0.2, 0.25) is 5.02 Å². The van der Waals surface area contributed by atoms with Gasteiger partial charge in [-0.25, -0.2) is 0 Å². The van der Waals surface area contributed by atoms with E-state index in [2.05, 4.69) is 11.0 Å². The fraction of sp³-hybridized carbons (Fsp3) is 0.381. The van der Waals surface area contributed by atoms with Crippen molar-refractivity contribution in [1.29, 1.82) is 0 Å². The van der Waals surface area contributed by atoms with Crippen LogP contribution in [0.1, 0.15) is 6.92 Å². The molecule has 2 aromatic carbocycles. The first-order valence-electron chi connectivity index (χ1n) is 9.20. The molecule has 5 nitrogen and oxygen atoms in total. The first-order valence-corrected chi connectivity index (χ1v) is 10.5. The molecule has 0 N–H and O–H groups in total. The van der Waals surface area contributed by atoms with Gasteiger partial charge in [0.25, 0.3) is 0 Å². The lowest BCUT2D eigenvalue weighted by atomic mass is 10.2. The molecule has 0 radical (unpaired) electrons. The van der Waals surface area contributed by atoms with Gasteiger partial charge in [0.2, 0.25) is 5.91 Å². The Morgan fingerprint density at radius 1 is 1.04 bits per heavy atom. The number of methoxy groups -OCH3 is 2. The Balaban J connectivity index is 1.57. The summed E-state index contributed by atoms with van der Waals surface area (Å²) in [6.07, 6.45) is 0. The van der Waals surface area contributed by atoms with E-state index in [0.29, 0.717) is 24.6 Å². The van der Waals surface area contributed by atoms with E-state index >= 15 is 0 Å². The van der Waals surface area contributed by atoms with E-state index in [-0.39, 0.29) is 11.2 Å². The number of anilines is 1. The zero-order valence-electron chi connectivity index (χ0n) is 16.4. The van der Waals surface area contributed by atoms with Crippen molar-refractivity contribution in [3.63, 3.8) is 0 Å². The summed E-state index contributed by atoms with van der Waals surface area (Å²) in [5.41, 5.74) is 1.10. The van der Waals surface area contributed by atoms with Crippen LogP contribution >= 0.6 is 23.4 Å². The highest BCUT2D eigenvalue weighted by Crippen LogP contribution is 2.34. The van der Waals surface area contributed by atoms with Gasteiger partial charge in [-0.05, 0) is 43.3 Å². The van der Waals surface area contributed by atoms with Crippen molar-refractivity contribution >= 4 is 35.0 Å². The molecular formula is C21H25ClN2O3S. The summed E-state index contributed by atoms with van der Waals surface area (Å²) in [6.45, 7) is 4.98. The molecule has 0 spiro atoms. The van der Waals surface area contributed by atoms with E-state index in [1.807, 2.05) is 48.2 Å². The molecule has 0 unspecified atom stereocenters. The number of amides is 1. The van der Waals surface area contributed by atoms with Crippen molar-refractivity contribution in [2.75, 3.05) is 45.3 Å². The minimum Gasteiger partial charge on any atom is -0.493 e. The molecule has 1 amide bonds. The van der Waals surface area contributed by atoms with Crippen LogP contribution in [0.25, 0.3) is 0 Å². The van der Waals surface area contributed by atoms with Crippen molar-refractivity contribution in [2.24, 2.45) is 0 Å². The average Bonchev–Trinajstić information content (AvgIpc) is 2.73. The Kier molecular flexibility index (Phi) is 6.97. The standard InChI is InChI=1S/C21H25ClN2O3S/c1-15(28-18-7-8-19(26-2)20(14-18)27-3)21(25)24-11-9-23(10-12-24)17-6-4-5-16(22)13-17/h4-8,13-15H,9-12H2,1-3H3/t15-/m0/s1. The normalized spacial score (nSPS) is 15.3. The number of piperazine rings is 1. The van der Waals surface area contributed by atoms with Crippen molar-refractivity contribution in [3.05, 3.63) is 47.5 Å². The Hall–Kier alpha value is -2.05. The van der Waals surface area contributed by atoms with Crippen LogP contribution in [0.3, 0.4) is 0 Å². The molecule has 1 saturated heterocycles. The third-order valence-electron chi connectivity index (χ3n) is 4.78. The van der Waals surface area contributed by atoms with Crippen LogP contribution in [-0.2, 0) is 4.79 Å². The lowest BCUT2D eigenvalue weighted by Crippen LogP contribution is -2.50. The number of hydrogen-bond acceptors (Lipinski definition) is 5. The molecule has 0 aromatic heterocycles. The number of thioether (sulfide) groups is 1. The molecule has 1 atom stereocenters. The first-order chi connectivity index (χ1) is 13.5. The summed E-state index contributed by atoms with van der Waals surface area (Å²) < 4.78 is 10.6. The minimum atomic E-state index is -0.171. The van der Waals surface area contributed by atoms with Gasteiger partial charge in [0.05, 0.1) is 19.5 Å². The van der Waals surface area contributed by atoms with Gasteiger partial charge in [0.15, 0.2) is 11.5 Å². The van der Waals surface area contributed by atoms with Crippen LogP contribution in [0.15, 0.2) is 47.4 Å². The summed E-state index contributed by atoms with van der Waals surface area (Å²) in [5, 5.41) is 0.562.